The van der Waals surface area contributed by atoms with E-state index < -0.39 is 5.97 Å². The number of nitrogens with zero attached hydrogens (tertiary/aromatic N) is 2. The summed E-state index contributed by atoms with van der Waals surface area (Å²) >= 11 is 5.65. The zero-order chi connectivity index (χ0) is 10.8. The highest BCUT2D eigenvalue weighted by Gasteiger charge is 2.06. The highest BCUT2D eigenvalue weighted by molar-refractivity contribution is 6.28. The molecule has 0 saturated carbocycles. The summed E-state index contributed by atoms with van der Waals surface area (Å²) in [5, 5.41) is 0.983. The van der Waals surface area contributed by atoms with Crippen LogP contribution in [-0.2, 0) is 4.74 Å². The van der Waals surface area contributed by atoms with Crippen LogP contribution in [0.3, 0.4) is 0 Å². The third-order valence-corrected chi connectivity index (χ3v) is 2.16. The smallest absolute Gasteiger partial charge is 0.337 e. The van der Waals surface area contributed by atoms with Crippen LogP contribution in [0.5, 0.6) is 0 Å². The molecule has 15 heavy (non-hydrogen) atoms. The van der Waals surface area contributed by atoms with Crippen LogP contribution in [0.2, 0.25) is 5.28 Å². The molecule has 1 heterocycles. The summed E-state index contributed by atoms with van der Waals surface area (Å²) in [4.78, 5) is 19.1. The van der Waals surface area contributed by atoms with E-state index in [-0.39, 0.29) is 5.28 Å². The average Bonchev–Trinajstić information content (AvgIpc) is 2.27. The molecule has 1 aromatic carbocycles. The van der Waals surface area contributed by atoms with Gasteiger partial charge in [-0.3, -0.25) is 0 Å². The van der Waals surface area contributed by atoms with Gasteiger partial charge in [0.25, 0.3) is 0 Å². The summed E-state index contributed by atoms with van der Waals surface area (Å²) in [6.45, 7) is 0. The number of carbonyl (C=O) groups excluding carboxylic acids is 1. The van der Waals surface area contributed by atoms with E-state index in [2.05, 4.69) is 14.7 Å². The van der Waals surface area contributed by atoms with Crippen molar-refractivity contribution in [2.75, 3.05) is 7.11 Å². The molecule has 0 spiro atoms. The van der Waals surface area contributed by atoms with E-state index in [9.17, 15) is 4.79 Å². The zero-order valence-electron chi connectivity index (χ0n) is 7.90. The van der Waals surface area contributed by atoms with E-state index in [0.29, 0.717) is 11.1 Å². The van der Waals surface area contributed by atoms with Gasteiger partial charge in [0.15, 0.2) is 0 Å². The van der Waals surface area contributed by atoms with Crippen molar-refractivity contribution in [1.82, 2.24) is 9.97 Å². The molecule has 0 amide bonds. The molecule has 0 bridgehead atoms. The van der Waals surface area contributed by atoms with Crippen molar-refractivity contribution in [3.05, 3.63) is 35.2 Å². The van der Waals surface area contributed by atoms with Gasteiger partial charge < -0.3 is 4.74 Å². The van der Waals surface area contributed by atoms with Crippen molar-refractivity contribution in [2.45, 2.75) is 0 Å². The lowest BCUT2D eigenvalue weighted by Crippen LogP contribution is -2.00. The van der Waals surface area contributed by atoms with Crippen molar-refractivity contribution in [2.24, 2.45) is 0 Å². The molecule has 2 rings (SSSR count). The number of hydrogen-bond acceptors (Lipinski definition) is 4. The van der Waals surface area contributed by atoms with E-state index in [0.717, 1.165) is 5.39 Å². The minimum Gasteiger partial charge on any atom is -0.465 e. The van der Waals surface area contributed by atoms with Crippen molar-refractivity contribution in [1.29, 1.82) is 0 Å². The number of fused-ring (bicyclic) bond motifs is 1. The monoisotopic (exact) mass is 222 g/mol. The Kier molecular flexibility index (Phi) is 2.51. The van der Waals surface area contributed by atoms with Crippen LogP contribution in [0.25, 0.3) is 10.9 Å². The molecule has 0 atom stereocenters. The Bertz CT molecular complexity index is 528. The molecule has 0 aliphatic heterocycles. The largest absolute Gasteiger partial charge is 0.465 e. The molecule has 0 saturated heterocycles. The Morgan fingerprint density at radius 1 is 1.47 bits per heavy atom. The van der Waals surface area contributed by atoms with Crippen LogP contribution < -0.4 is 0 Å². The van der Waals surface area contributed by atoms with Crippen LogP contribution in [0, 0.1) is 0 Å². The number of rotatable bonds is 1. The maximum absolute atomic E-state index is 11.2. The van der Waals surface area contributed by atoms with Crippen LogP contribution in [-0.4, -0.2) is 23.0 Å². The van der Waals surface area contributed by atoms with Crippen molar-refractivity contribution in [3.8, 4) is 0 Å². The fourth-order valence-electron chi connectivity index (χ4n) is 1.25. The van der Waals surface area contributed by atoms with Gasteiger partial charge in [-0.25, -0.2) is 14.8 Å². The quantitative estimate of drug-likeness (QED) is 0.548. The van der Waals surface area contributed by atoms with Crippen LogP contribution in [0.15, 0.2) is 24.4 Å². The van der Waals surface area contributed by atoms with Crippen molar-refractivity contribution < 1.29 is 9.53 Å². The maximum Gasteiger partial charge on any atom is 0.337 e. The Morgan fingerprint density at radius 3 is 3.00 bits per heavy atom. The van der Waals surface area contributed by atoms with Crippen LogP contribution in [0.4, 0.5) is 0 Å². The number of esters is 1. The second-order valence-electron chi connectivity index (χ2n) is 2.90. The number of methoxy groups -OCH3 is 1. The summed E-state index contributed by atoms with van der Waals surface area (Å²) < 4.78 is 4.60. The molecule has 5 heteroatoms. The van der Waals surface area contributed by atoms with Crippen LogP contribution in [0.1, 0.15) is 10.4 Å². The third-order valence-electron chi connectivity index (χ3n) is 1.97. The van der Waals surface area contributed by atoms with Crippen LogP contribution >= 0.6 is 11.6 Å². The summed E-state index contributed by atoms with van der Waals surface area (Å²) in [5.41, 5.74) is 1.07. The van der Waals surface area contributed by atoms with E-state index in [1.54, 1.807) is 24.4 Å². The van der Waals surface area contributed by atoms with Gasteiger partial charge in [-0.05, 0) is 23.7 Å². The normalized spacial score (nSPS) is 10.3. The number of ether oxygens (including phenoxy) is 1. The molecule has 2 aromatic rings. The Hall–Kier alpha value is -1.68. The van der Waals surface area contributed by atoms with Gasteiger partial charge in [-0.2, -0.15) is 0 Å². The number of halogens is 1. The summed E-state index contributed by atoms with van der Waals surface area (Å²) in [6.07, 6.45) is 1.60. The molecule has 0 fully saturated rings. The Labute approximate surface area is 90.9 Å². The molecular weight excluding hydrogens is 216 g/mol. The highest BCUT2D eigenvalue weighted by atomic mass is 35.5. The molecule has 1 aromatic heterocycles. The lowest BCUT2D eigenvalue weighted by Gasteiger charge is -2.01. The van der Waals surface area contributed by atoms with Gasteiger partial charge in [0, 0.05) is 11.6 Å². The summed E-state index contributed by atoms with van der Waals surface area (Å²) in [7, 11) is 1.33. The first-order valence-corrected chi connectivity index (χ1v) is 4.59. The van der Waals surface area contributed by atoms with Gasteiger partial charge in [0.2, 0.25) is 5.28 Å². The molecule has 0 unspecified atom stereocenters. The average molecular weight is 223 g/mol. The van der Waals surface area contributed by atoms with Crippen molar-refractivity contribution in [3.63, 3.8) is 0 Å². The predicted octanol–water partition coefficient (Wildman–Crippen LogP) is 2.07. The first-order chi connectivity index (χ1) is 7.20. The summed E-state index contributed by atoms with van der Waals surface area (Å²) in [6, 6.07) is 5.03. The first kappa shape index (κ1) is 9.86. The van der Waals surface area contributed by atoms with E-state index in [1.807, 2.05) is 0 Å². The Morgan fingerprint density at radius 2 is 2.27 bits per heavy atom. The van der Waals surface area contributed by atoms with Gasteiger partial charge in [0.05, 0.1) is 18.2 Å². The second kappa shape index (κ2) is 3.82. The second-order valence-corrected chi connectivity index (χ2v) is 3.24. The van der Waals surface area contributed by atoms with Gasteiger partial charge in [-0.1, -0.05) is 6.07 Å². The molecule has 0 radical (unpaired) electrons. The fourth-order valence-corrected chi connectivity index (χ4v) is 1.39. The van der Waals surface area contributed by atoms with E-state index in [1.165, 1.54) is 7.11 Å². The van der Waals surface area contributed by atoms with Crippen molar-refractivity contribution >= 4 is 28.5 Å². The fraction of sp³-hybridized carbons (Fsp3) is 0.100. The highest BCUT2D eigenvalue weighted by Crippen LogP contribution is 2.15. The Balaban J connectivity index is 2.59. The van der Waals surface area contributed by atoms with Gasteiger partial charge in [-0.15, -0.1) is 0 Å². The molecule has 0 aliphatic rings. The molecule has 0 N–H and O–H groups in total. The maximum atomic E-state index is 11.2. The topological polar surface area (TPSA) is 52.1 Å². The zero-order valence-corrected chi connectivity index (χ0v) is 8.65. The van der Waals surface area contributed by atoms with Gasteiger partial charge in [0.1, 0.15) is 0 Å². The SMILES string of the molecule is COC(=O)c1ccc2cnc(Cl)nc2c1. The number of benzene rings is 1. The number of hydrogen-bond donors (Lipinski definition) is 0. The van der Waals surface area contributed by atoms with E-state index >= 15 is 0 Å². The molecule has 0 aliphatic carbocycles. The molecule has 4 nitrogen and oxygen atoms in total. The minimum atomic E-state index is -0.397. The lowest BCUT2D eigenvalue weighted by atomic mass is 10.1. The number of aromatic nitrogens is 2. The third kappa shape index (κ3) is 1.89. The van der Waals surface area contributed by atoms with Gasteiger partial charge >= 0.3 is 5.97 Å². The first-order valence-electron chi connectivity index (χ1n) is 4.21. The van der Waals surface area contributed by atoms with E-state index in [4.69, 9.17) is 11.6 Å². The number of carbonyl (C=O) groups is 1. The predicted molar refractivity (Wildman–Crippen MR) is 55.9 cm³/mol. The standard InChI is InChI=1S/C10H7ClN2O2/c1-15-9(14)6-2-3-7-5-12-10(11)13-8(7)4-6/h2-5H,1H3. The summed E-state index contributed by atoms with van der Waals surface area (Å²) in [5.74, 6) is -0.397. The minimum absolute atomic E-state index is 0.157. The molecule has 76 valence electrons. The molecular formula is C10H7ClN2O2. The lowest BCUT2D eigenvalue weighted by molar-refractivity contribution is 0.0601.